The molecule has 1 amide bonds. The van der Waals surface area contributed by atoms with Crippen molar-refractivity contribution in [3.63, 3.8) is 0 Å². The predicted octanol–water partition coefficient (Wildman–Crippen LogP) is 5.38. The van der Waals surface area contributed by atoms with Gasteiger partial charge in [-0.15, -0.1) is 5.10 Å². The van der Waals surface area contributed by atoms with Crippen LogP contribution in [0.15, 0.2) is 66.7 Å². The fourth-order valence-electron chi connectivity index (χ4n) is 3.53. The van der Waals surface area contributed by atoms with Gasteiger partial charge in [-0.25, -0.2) is 9.07 Å². The molecule has 0 saturated heterocycles. The molecule has 1 heterocycles. The first kappa shape index (κ1) is 26.6. The van der Waals surface area contributed by atoms with Gasteiger partial charge in [0.05, 0.1) is 25.0 Å². The number of benzene rings is 3. The average Bonchev–Trinajstić information content (AvgIpc) is 3.32. The van der Waals surface area contributed by atoms with Gasteiger partial charge >= 0.3 is 12.2 Å². The summed E-state index contributed by atoms with van der Waals surface area (Å²) in [5, 5.41) is 6.96. The Bertz CT molecular complexity index is 1420. The van der Waals surface area contributed by atoms with E-state index in [1.54, 1.807) is 24.3 Å². The largest absolute Gasteiger partial charge is 0.496 e. The maximum absolute atomic E-state index is 13.5. The number of nitrogens with one attached hydrogen (secondary N) is 1. The minimum atomic E-state index is -4.70. The standard InChI is InChI=1S/C26H22F4N4O4/c1-36-12-13-38-25-32-23(16-6-9-18(27)10-7-16)34(33-25)20-5-3-4-19(15-20)31-24(35)17-8-11-22(37-2)21(14-17)26(28,29)30/h3-11,14-15H,12-13H2,1-2H3,(H,31,35). The van der Waals surface area contributed by atoms with E-state index in [1.165, 1.54) is 42.1 Å². The highest BCUT2D eigenvalue weighted by atomic mass is 19.4. The number of hydrogen-bond donors (Lipinski definition) is 1. The number of anilines is 1. The van der Waals surface area contributed by atoms with Gasteiger partial charge in [0.25, 0.3) is 5.91 Å². The molecule has 38 heavy (non-hydrogen) atoms. The zero-order valence-electron chi connectivity index (χ0n) is 20.3. The fourth-order valence-corrected chi connectivity index (χ4v) is 3.53. The summed E-state index contributed by atoms with van der Waals surface area (Å²) in [5.74, 6) is -1.23. The van der Waals surface area contributed by atoms with Gasteiger partial charge in [0.15, 0.2) is 5.82 Å². The number of carbonyl (C=O) groups excluding carboxylic acids is 1. The smallest absolute Gasteiger partial charge is 0.419 e. The number of rotatable bonds is 9. The van der Waals surface area contributed by atoms with Crippen LogP contribution in [-0.2, 0) is 10.9 Å². The van der Waals surface area contributed by atoms with Crippen LogP contribution in [0.4, 0.5) is 23.2 Å². The minimum absolute atomic E-state index is 0.0497. The summed E-state index contributed by atoms with van der Waals surface area (Å²) in [6.07, 6.45) is -4.70. The van der Waals surface area contributed by atoms with E-state index in [0.717, 1.165) is 19.2 Å². The molecule has 1 N–H and O–H groups in total. The molecule has 0 unspecified atom stereocenters. The number of methoxy groups -OCH3 is 2. The molecule has 12 heteroatoms. The Morgan fingerprint density at radius 1 is 1.00 bits per heavy atom. The lowest BCUT2D eigenvalue weighted by molar-refractivity contribution is -0.138. The monoisotopic (exact) mass is 530 g/mol. The average molecular weight is 530 g/mol. The first-order valence-electron chi connectivity index (χ1n) is 11.2. The van der Waals surface area contributed by atoms with E-state index in [4.69, 9.17) is 14.2 Å². The lowest BCUT2D eigenvalue weighted by atomic mass is 10.1. The van der Waals surface area contributed by atoms with Crippen molar-refractivity contribution in [1.29, 1.82) is 0 Å². The summed E-state index contributed by atoms with van der Waals surface area (Å²) in [4.78, 5) is 17.2. The number of hydrogen-bond acceptors (Lipinski definition) is 6. The van der Waals surface area contributed by atoms with Crippen LogP contribution in [0, 0.1) is 5.82 Å². The van der Waals surface area contributed by atoms with Gasteiger partial charge in [0.1, 0.15) is 18.2 Å². The van der Waals surface area contributed by atoms with E-state index in [1.807, 2.05) is 0 Å². The Labute approximate surface area is 214 Å². The number of halogens is 4. The first-order valence-corrected chi connectivity index (χ1v) is 11.2. The van der Waals surface area contributed by atoms with Crippen molar-refractivity contribution in [3.8, 4) is 28.8 Å². The zero-order valence-corrected chi connectivity index (χ0v) is 20.3. The summed E-state index contributed by atoms with van der Waals surface area (Å²) in [6.45, 7) is 0.505. The third kappa shape index (κ3) is 6.09. The molecule has 0 atom stereocenters. The summed E-state index contributed by atoms with van der Waals surface area (Å²) < 4.78 is 70.4. The number of nitrogens with zero attached hydrogens (tertiary/aromatic N) is 3. The third-order valence-corrected chi connectivity index (χ3v) is 5.32. The van der Waals surface area contributed by atoms with Gasteiger partial charge in [0, 0.05) is 23.9 Å². The molecule has 1 aromatic heterocycles. The van der Waals surface area contributed by atoms with Gasteiger partial charge in [-0.05, 0) is 60.7 Å². The Kier molecular flexibility index (Phi) is 7.91. The van der Waals surface area contributed by atoms with Gasteiger partial charge < -0.3 is 19.5 Å². The van der Waals surface area contributed by atoms with Crippen LogP contribution in [0.25, 0.3) is 17.1 Å². The Balaban J connectivity index is 1.65. The predicted molar refractivity (Wildman–Crippen MR) is 130 cm³/mol. The molecule has 8 nitrogen and oxygen atoms in total. The van der Waals surface area contributed by atoms with Crippen molar-refractivity contribution in [1.82, 2.24) is 14.8 Å². The van der Waals surface area contributed by atoms with Crippen LogP contribution in [0.2, 0.25) is 0 Å². The van der Waals surface area contributed by atoms with Crippen molar-refractivity contribution < 1.29 is 36.6 Å². The van der Waals surface area contributed by atoms with Gasteiger partial charge in [-0.3, -0.25) is 4.79 Å². The zero-order chi connectivity index (χ0) is 27.3. The van der Waals surface area contributed by atoms with Crippen molar-refractivity contribution in [2.24, 2.45) is 0 Å². The van der Waals surface area contributed by atoms with E-state index in [-0.39, 0.29) is 23.9 Å². The highest BCUT2D eigenvalue weighted by Gasteiger charge is 2.35. The van der Waals surface area contributed by atoms with E-state index >= 15 is 0 Å². The fraction of sp³-hybridized carbons (Fsp3) is 0.192. The number of carbonyl (C=O) groups is 1. The molecule has 0 radical (unpaired) electrons. The van der Waals surface area contributed by atoms with Crippen LogP contribution < -0.4 is 14.8 Å². The maximum Gasteiger partial charge on any atom is 0.419 e. The molecule has 198 valence electrons. The lowest BCUT2D eigenvalue weighted by Crippen LogP contribution is -2.15. The second kappa shape index (κ2) is 11.3. The molecular weight excluding hydrogens is 508 g/mol. The van der Waals surface area contributed by atoms with Crippen LogP contribution >= 0.6 is 0 Å². The first-order chi connectivity index (χ1) is 18.2. The lowest BCUT2D eigenvalue weighted by Gasteiger charge is -2.14. The van der Waals surface area contributed by atoms with Crippen molar-refractivity contribution in [3.05, 3.63) is 83.7 Å². The number of alkyl halides is 3. The SMILES string of the molecule is COCCOc1nc(-c2ccc(F)cc2)n(-c2cccc(NC(=O)c3ccc(OC)c(C(F)(F)F)c3)c2)n1. The van der Waals surface area contributed by atoms with E-state index in [2.05, 4.69) is 15.4 Å². The summed E-state index contributed by atoms with van der Waals surface area (Å²) >= 11 is 0. The number of ether oxygens (including phenoxy) is 3. The van der Waals surface area contributed by atoms with Crippen molar-refractivity contribution >= 4 is 11.6 Å². The molecule has 0 aliphatic heterocycles. The highest BCUT2D eigenvalue weighted by Crippen LogP contribution is 2.37. The molecule has 0 spiro atoms. The summed E-state index contributed by atoms with van der Waals surface area (Å²) in [7, 11) is 2.64. The van der Waals surface area contributed by atoms with Gasteiger partial charge in [0.2, 0.25) is 0 Å². The normalized spacial score (nSPS) is 11.3. The highest BCUT2D eigenvalue weighted by molar-refractivity contribution is 6.04. The van der Waals surface area contributed by atoms with Crippen LogP contribution in [0.3, 0.4) is 0 Å². The van der Waals surface area contributed by atoms with Crippen LogP contribution in [0.5, 0.6) is 11.8 Å². The molecule has 3 aromatic carbocycles. The summed E-state index contributed by atoms with van der Waals surface area (Å²) in [5.41, 5.74) is 0.0353. The second-order valence-electron chi connectivity index (χ2n) is 7.90. The van der Waals surface area contributed by atoms with E-state index in [0.29, 0.717) is 29.4 Å². The second-order valence-corrected chi connectivity index (χ2v) is 7.90. The van der Waals surface area contributed by atoms with Crippen molar-refractivity contribution in [2.75, 3.05) is 32.8 Å². The molecule has 0 aliphatic carbocycles. The molecule has 4 aromatic rings. The van der Waals surface area contributed by atoms with Gasteiger partial charge in [-0.1, -0.05) is 6.07 Å². The molecular formula is C26H22F4N4O4. The number of aromatic nitrogens is 3. The minimum Gasteiger partial charge on any atom is -0.496 e. The Morgan fingerprint density at radius 2 is 1.76 bits per heavy atom. The molecule has 4 rings (SSSR count). The topological polar surface area (TPSA) is 87.5 Å². The molecule has 0 saturated carbocycles. The maximum atomic E-state index is 13.5. The number of amides is 1. The van der Waals surface area contributed by atoms with Crippen molar-refractivity contribution in [2.45, 2.75) is 6.18 Å². The Morgan fingerprint density at radius 3 is 2.45 bits per heavy atom. The van der Waals surface area contributed by atoms with E-state index < -0.39 is 23.5 Å². The molecule has 0 aliphatic rings. The summed E-state index contributed by atoms with van der Waals surface area (Å²) in [6, 6.07) is 15.2. The molecule has 0 fully saturated rings. The van der Waals surface area contributed by atoms with E-state index in [9.17, 15) is 22.4 Å². The Hall–Kier alpha value is -4.45. The van der Waals surface area contributed by atoms with Gasteiger partial charge in [-0.2, -0.15) is 18.2 Å². The van der Waals surface area contributed by atoms with Crippen LogP contribution in [-0.4, -0.2) is 48.1 Å². The van der Waals surface area contributed by atoms with Crippen LogP contribution in [0.1, 0.15) is 15.9 Å². The molecule has 0 bridgehead atoms. The quantitative estimate of drug-likeness (QED) is 0.231. The third-order valence-electron chi connectivity index (χ3n) is 5.32.